The molecule has 1 saturated heterocycles. The highest BCUT2D eigenvalue weighted by Gasteiger charge is 2.25. The molecule has 0 bridgehead atoms. The molecule has 0 saturated carbocycles. The number of methoxy groups -OCH3 is 1. The molecule has 1 aliphatic heterocycles. The van der Waals surface area contributed by atoms with Crippen LogP contribution in [-0.4, -0.2) is 61.4 Å². The van der Waals surface area contributed by atoms with Gasteiger partial charge in [-0.25, -0.2) is 0 Å². The van der Waals surface area contributed by atoms with Crippen LogP contribution in [-0.2, 0) is 16.1 Å². The largest absolute Gasteiger partial charge is 0.495 e. The van der Waals surface area contributed by atoms with Gasteiger partial charge in [0, 0.05) is 39.6 Å². The minimum absolute atomic E-state index is 0.0217. The van der Waals surface area contributed by atoms with Crippen LogP contribution >= 0.6 is 0 Å². The standard InChI is InChI=1S/C23H29N3O3/c1-18-9-10-22(29-3)21(15-18)26(19(2)27)17-23(28)25-13-11-24(12-14-25)16-20-7-5-4-6-8-20/h4-10,15H,11-14,16-17H2,1-3H3. The summed E-state index contributed by atoms with van der Waals surface area (Å²) < 4.78 is 5.40. The summed E-state index contributed by atoms with van der Waals surface area (Å²) in [5.74, 6) is 0.374. The monoisotopic (exact) mass is 395 g/mol. The minimum Gasteiger partial charge on any atom is -0.495 e. The molecule has 29 heavy (non-hydrogen) atoms. The van der Waals surface area contributed by atoms with E-state index >= 15 is 0 Å². The SMILES string of the molecule is COc1ccc(C)cc1N(CC(=O)N1CCN(Cc2ccccc2)CC1)C(C)=O. The zero-order chi connectivity index (χ0) is 20.8. The third kappa shape index (κ3) is 5.35. The number of anilines is 1. The molecule has 1 aliphatic rings. The van der Waals surface area contributed by atoms with E-state index < -0.39 is 0 Å². The molecular formula is C23H29N3O3. The topological polar surface area (TPSA) is 53.1 Å². The van der Waals surface area contributed by atoms with E-state index in [2.05, 4.69) is 17.0 Å². The summed E-state index contributed by atoms with van der Waals surface area (Å²) in [5.41, 5.74) is 2.92. The molecule has 2 aromatic carbocycles. The average Bonchev–Trinajstić information content (AvgIpc) is 2.73. The summed E-state index contributed by atoms with van der Waals surface area (Å²) in [6.07, 6.45) is 0. The lowest BCUT2D eigenvalue weighted by molar-refractivity contribution is -0.132. The Labute approximate surface area is 172 Å². The van der Waals surface area contributed by atoms with Crippen LogP contribution in [0.15, 0.2) is 48.5 Å². The fourth-order valence-corrected chi connectivity index (χ4v) is 3.61. The van der Waals surface area contributed by atoms with Crippen molar-refractivity contribution in [3.05, 3.63) is 59.7 Å². The van der Waals surface area contributed by atoms with Gasteiger partial charge in [-0.15, -0.1) is 0 Å². The summed E-state index contributed by atoms with van der Waals surface area (Å²) >= 11 is 0. The van der Waals surface area contributed by atoms with E-state index in [1.165, 1.54) is 17.4 Å². The first kappa shape index (κ1) is 20.9. The second-order valence-electron chi connectivity index (χ2n) is 7.42. The lowest BCUT2D eigenvalue weighted by atomic mass is 10.1. The van der Waals surface area contributed by atoms with Crippen LogP contribution in [0, 0.1) is 6.92 Å². The number of rotatable bonds is 6. The Bertz CT molecular complexity index is 846. The van der Waals surface area contributed by atoms with Crippen molar-refractivity contribution in [1.29, 1.82) is 0 Å². The molecule has 1 fully saturated rings. The highest BCUT2D eigenvalue weighted by molar-refractivity contribution is 5.98. The Hall–Kier alpha value is -2.86. The van der Waals surface area contributed by atoms with Gasteiger partial charge >= 0.3 is 0 Å². The highest BCUT2D eigenvalue weighted by Crippen LogP contribution is 2.29. The number of carbonyl (C=O) groups excluding carboxylic acids is 2. The molecule has 2 amide bonds. The number of hydrogen-bond acceptors (Lipinski definition) is 4. The first-order valence-corrected chi connectivity index (χ1v) is 9.94. The Morgan fingerprint density at radius 1 is 1.03 bits per heavy atom. The van der Waals surface area contributed by atoms with Gasteiger partial charge in [-0.1, -0.05) is 36.4 Å². The van der Waals surface area contributed by atoms with Gasteiger partial charge in [-0.05, 0) is 30.2 Å². The Morgan fingerprint density at radius 3 is 2.34 bits per heavy atom. The van der Waals surface area contributed by atoms with E-state index in [1.807, 2.05) is 48.2 Å². The van der Waals surface area contributed by atoms with Crippen molar-refractivity contribution in [1.82, 2.24) is 9.80 Å². The molecule has 0 N–H and O–H groups in total. The van der Waals surface area contributed by atoms with Crippen molar-refractivity contribution >= 4 is 17.5 Å². The second-order valence-corrected chi connectivity index (χ2v) is 7.42. The lowest BCUT2D eigenvalue weighted by Gasteiger charge is -2.36. The summed E-state index contributed by atoms with van der Waals surface area (Å²) in [6, 6.07) is 16.0. The fourth-order valence-electron chi connectivity index (χ4n) is 3.61. The van der Waals surface area contributed by atoms with Gasteiger partial charge < -0.3 is 9.64 Å². The van der Waals surface area contributed by atoms with Crippen LogP contribution in [0.25, 0.3) is 0 Å². The van der Waals surface area contributed by atoms with Gasteiger partial charge in [-0.2, -0.15) is 0 Å². The summed E-state index contributed by atoms with van der Waals surface area (Å²) in [4.78, 5) is 30.9. The maximum absolute atomic E-state index is 12.9. The number of benzene rings is 2. The minimum atomic E-state index is -0.176. The number of hydrogen-bond donors (Lipinski definition) is 0. The van der Waals surface area contributed by atoms with Crippen molar-refractivity contribution in [2.45, 2.75) is 20.4 Å². The number of amides is 2. The number of ether oxygens (including phenoxy) is 1. The van der Waals surface area contributed by atoms with Crippen LogP contribution in [0.5, 0.6) is 5.75 Å². The average molecular weight is 396 g/mol. The molecule has 0 atom stereocenters. The van der Waals surface area contributed by atoms with Gasteiger partial charge in [0.2, 0.25) is 11.8 Å². The van der Waals surface area contributed by atoms with Crippen LogP contribution in [0.4, 0.5) is 5.69 Å². The third-order valence-electron chi connectivity index (χ3n) is 5.27. The highest BCUT2D eigenvalue weighted by atomic mass is 16.5. The lowest BCUT2D eigenvalue weighted by Crippen LogP contribution is -2.51. The van der Waals surface area contributed by atoms with Crippen molar-refractivity contribution < 1.29 is 14.3 Å². The smallest absolute Gasteiger partial charge is 0.242 e. The van der Waals surface area contributed by atoms with Crippen LogP contribution in [0.3, 0.4) is 0 Å². The van der Waals surface area contributed by atoms with Gasteiger partial charge in [0.1, 0.15) is 12.3 Å². The molecular weight excluding hydrogens is 366 g/mol. The zero-order valence-corrected chi connectivity index (χ0v) is 17.4. The van der Waals surface area contributed by atoms with E-state index in [-0.39, 0.29) is 18.4 Å². The van der Waals surface area contributed by atoms with E-state index in [0.29, 0.717) is 24.5 Å². The molecule has 0 radical (unpaired) electrons. The predicted octanol–water partition coefficient (Wildman–Crippen LogP) is 2.70. The van der Waals surface area contributed by atoms with E-state index in [0.717, 1.165) is 25.2 Å². The molecule has 6 nitrogen and oxygen atoms in total. The molecule has 0 aliphatic carbocycles. The summed E-state index contributed by atoms with van der Waals surface area (Å²) in [5, 5.41) is 0. The number of piperazine rings is 1. The first-order chi connectivity index (χ1) is 14.0. The maximum Gasteiger partial charge on any atom is 0.242 e. The normalized spacial score (nSPS) is 14.5. The second kappa shape index (κ2) is 9.56. The van der Waals surface area contributed by atoms with E-state index in [4.69, 9.17) is 4.74 Å². The van der Waals surface area contributed by atoms with E-state index in [1.54, 1.807) is 7.11 Å². The fraction of sp³-hybridized carbons (Fsp3) is 0.391. The quantitative estimate of drug-likeness (QED) is 0.755. The van der Waals surface area contributed by atoms with Crippen molar-refractivity contribution in [2.75, 3.05) is 44.7 Å². The summed E-state index contributed by atoms with van der Waals surface area (Å²) in [7, 11) is 1.57. The first-order valence-electron chi connectivity index (χ1n) is 9.94. The van der Waals surface area contributed by atoms with Crippen molar-refractivity contribution in [2.24, 2.45) is 0 Å². The molecule has 154 valence electrons. The molecule has 3 rings (SSSR count). The summed E-state index contributed by atoms with van der Waals surface area (Å²) in [6.45, 7) is 7.34. The number of aryl methyl sites for hydroxylation is 1. The van der Waals surface area contributed by atoms with Crippen molar-refractivity contribution in [3.63, 3.8) is 0 Å². The van der Waals surface area contributed by atoms with Gasteiger partial charge in [0.05, 0.1) is 12.8 Å². The Balaban J connectivity index is 1.62. The van der Waals surface area contributed by atoms with E-state index in [9.17, 15) is 9.59 Å². The van der Waals surface area contributed by atoms with Crippen molar-refractivity contribution in [3.8, 4) is 5.75 Å². The third-order valence-corrected chi connectivity index (χ3v) is 5.27. The zero-order valence-electron chi connectivity index (χ0n) is 17.4. The van der Waals surface area contributed by atoms with Gasteiger partial charge in [-0.3, -0.25) is 19.4 Å². The molecule has 0 unspecified atom stereocenters. The van der Waals surface area contributed by atoms with Crippen LogP contribution in [0.2, 0.25) is 0 Å². The predicted molar refractivity (Wildman–Crippen MR) is 114 cm³/mol. The van der Waals surface area contributed by atoms with Gasteiger partial charge in [0.15, 0.2) is 0 Å². The molecule has 0 spiro atoms. The van der Waals surface area contributed by atoms with Crippen LogP contribution < -0.4 is 9.64 Å². The molecule has 1 heterocycles. The van der Waals surface area contributed by atoms with Crippen LogP contribution in [0.1, 0.15) is 18.1 Å². The van der Waals surface area contributed by atoms with Gasteiger partial charge in [0.25, 0.3) is 0 Å². The maximum atomic E-state index is 12.9. The number of nitrogens with zero attached hydrogens (tertiary/aromatic N) is 3. The Kier molecular flexibility index (Phi) is 6.88. The Morgan fingerprint density at radius 2 is 1.72 bits per heavy atom. The number of carbonyl (C=O) groups is 2. The molecule has 2 aromatic rings. The molecule has 6 heteroatoms. The molecule has 0 aromatic heterocycles.